The van der Waals surface area contributed by atoms with Gasteiger partial charge in [-0.2, -0.15) is 8.42 Å². The minimum atomic E-state index is -4.68. The second kappa shape index (κ2) is 9.42. The number of ketones is 2. The van der Waals surface area contributed by atoms with Crippen molar-refractivity contribution >= 4 is 33.6 Å². The summed E-state index contributed by atoms with van der Waals surface area (Å²) in [6.45, 7) is 0.883. The Hall–Kier alpha value is -3.37. The fourth-order valence-corrected chi connectivity index (χ4v) is 2.99. The average molecular weight is 434 g/mol. The normalized spacial score (nSPS) is 10.9. The highest BCUT2D eigenvalue weighted by atomic mass is 32.2. The summed E-state index contributed by atoms with van der Waals surface area (Å²) in [5.74, 6) is -2.64. The Morgan fingerprint density at radius 1 is 0.833 bits per heavy atom. The van der Waals surface area contributed by atoms with Gasteiger partial charge in [0.1, 0.15) is 0 Å². The topological polar surface area (TPSA) is 141 Å². The van der Waals surface area contributed by atoms with Gasteiger partial charge in [0.15, 0.2) is 18.2 Å². The molecule has 0 fully saturated rings. The van der Waals surface area contributed by atoms with Crippen molar-refractivity contribution in [1.29, 1.82) is 0 Å². The molecule has 0 aliphatic heterocycles. The molecule has 0 aliphatic carbocycles. The maximum atomic E-state index is 12.3. The first-order valence-corrected chi connectivity index (χ1v) is 10.0. The van der Waals surface area contributed by atoms with E-state index in [9.17, 15) is 32.1 Å². The van der Waals surface area contributed by atoms with Crippen LogP contribution < -0.4 is 0 Å². The minimum Gasteiger partial charge on any atom is -0.465 e. The molecule has 2 rings (SSSR count). The molecule has 9 nitrogen and oxygen atoms in total. The van der Waals surface area contributed by atoms with Gasteiger partial charge in [0.05, 0.1) is 23.1 Å². The summed E-state index contributed by atoms with van der Waals surface area (Å²) in [5.41, 5.74) is 0.00486. The number of carbonyl (C=O) groups excluding carboxylic acids is 4. The van der Waals surface area contributed by atoms with Crippen molar-refractivity contribution < 1.29 is 41.6 Å². The quantitative estimate of drug-likeness (QED) is 0.376. The number of Topliss-reactive ketones (excluding diaryl/α,β-unsaturated/α-hetero) is 2. The number of methoxy groups -OCH3 is 1. The van der Waals surface area contributed by atoms with Gasteiger partial charge in [-0.15, -0.1) is 0 Å². The Labute approximate surface area is 172 Å². The zero-order chi connectivity index (χ0) is 22.5. The van der Waals surface area contributed by atoms with Crippen LogP contribution in [-0.2, 0) is 19.6 Å². The molecule has 0 amide bonds. The third-order valence-electron chi connectivity index (χ3n) is 4.05. The molecule has 2 aromatic carbocycles. The van der Waals surface area contributed by atoms with Crippen LogP contribution in [0.5, 0.6) is 0 Å². The van der Waals surface area contributed by atoms with E-state index in [1.54, 1.807) is 6.92 Å². The molecule has 0 radical (unpaired) electrons. The zero-order valence-electron chi connectivity index (χ0n) is 16.1. The number of ether oxygens (including phenoxy) is 2. The van der Waals surface area contributed by atoms with Crippen molar-refractivity contribution in [3.63, 3.8) is 0 Å². The van der Waals surface area contributed by atoms with Crippen LogP contribution in [0.4, 0.5) is 0 Å². The maximum absolute atomic E-state index is 12.3. The van der Waals surface area contributed by atoms with Crippen LogP contribution in [0.2, 0.25) is 0 Å². The first-order valence-electron chi connectivity index (χ1n) is 8.61. The summed E-state index contributed by atoms with van der Waals surface area (Å²) in [7, 11) is -3.46. The minimum absolute atomic E-state index is 0.0451. The van der Waals surface area contributed by atoms with E-state index in [-0.39, 0.29) is 28.7 Å². The van der Waals surface area contributed by atoms with Gasteiger partial charge in [-0.25, -0.2) is 9.59 Å². The molecule has 30 heavy (non-hydrogen) atoms. The summed E-state index contributed by atoms with van der Waals surface area (Å²) in [6.07, 6.45) is 0.0451. The van der Waals surface area contributed by atoms with Gasteiger partial charge in [0.2, 0.25) is 0 Å². The molecule has 0 aromatic heterocycles. The third kappa shape index (κ3) is 5.58. The van der Waals surface area contributed by atoms with E-state index < -0.39 is 45.1 Å². The highest BCUT2D eigenvalue weighted by Crippen LogP contribution is 2.18. The van der Waals surface area contributed by atoms with Crippen molar-refractivity contribution in [2.45, 2.75) is 18.2 Å². The molecule has 0 heterocycles. The molecule has 158 valence electrons. The molecule has 0 aliphatic rings. The maximum Gasteiger partial charge on any atom is 0.338 e. The SMILES string of the molecule is CCC(=O)c1cc(C(=O)OCC(=O)c2ccc(C(=O)OC)cc2)cc(S(=O)(=O)O)c1. The highest BCUT2D eigenvalue weighted by Gasteiger charge is 2.20. The number of rotatable bonds is 8. The smallest absolute Gasteiger partial charge is 0.338 e. The van der Waals surface area contributed by atoms with Gasteiger partial charge in [-0.05, 0) is 30.3 Å². The molecular weight excluding hydrogens is 416 g/mol. The van der Waals surface area contributed by atoms with Crippen LogP contribution in [0.3, 0.4) is 0 Å². The molecule has 0 saturated heterocycles. The predicted octanol–water partition coefficient (Wildman–Crippen LogP) is 2.35. The fraction of sp³-hybridized carbons (Fsp3) is 0.200. The van der Waals surface area contributed by atoms with Gasteiger partial charge < -0.3 is 9.47 Å². The van der Waals surface area contributed by atoms with E-state index in [0.717, 1.165) is 18.2 Å². The van der Waals surface area contributed by atoms with E-state index in [2.05, 4.69) is 4.74 Å². The van der Waals surface area contributed by atoms with Crippen molar-refractivity contribution in [1.82, 2.24) is 0 Å². The highest BCUT2D eigenvalue weighted by molar-refractivity contribution is 7.85. The summed E-state index contributed by atoms with van der Waals surface area (Å²) in [6, 6.07) is 8.39. The molecule has 1 N–H and O–H groups in total. The number of benzene rings is 2. The van der Waals surface area contributed by atoms with Crippen LogP contribution in [-0.4, -0.2) is 50.2 Å². The van der Waals surface area contributed by atoms with E-state index in [1.807, 2.05) is 0 Å². The lowest BCUT2D eigenvalue weighted by Crippen LogP contribution is -2.16. The van der Waals surface area contributed by atoms with Crippen LogP contribution in [0.15, 0.2) is 47.4 Å². The van der Waals surface area contributed by atoms with Crippen molar-refractivity contribution in [2.75, 3.05) is 13.7 Å². The standard InChI is InChI=1S/C20H18O9S/c1-3-17(21)14-8-15(10-16(9-14)30(25,26)27)20(24)29-11-18(22)12-4-6-13(7-5-12)19(23)28-2/h4-10H,3,11H2,1-2H3,(H,25,26,27). The zero-order valence-corrected chi connectivity index (χ0v) is 16.9. The van der Waals surface area contributed by atoms with Gasteiger partial charge in [0.25, 0.3) is 10.1 Å². The van der Waals surface area contributed by atoms with Crippen LogP contribution in [0, 0.1) is 0 Å². The van der Waals surface area contributed by atoms with Crippen LogP contribution in [0.1, 0.15) is 54.8 Å². The fourth-order valence-electron chi connectivity index (χ4n) is 2.44. The molecule has 0 saturated carbocycles. The lowest BCUT2D eigenvalue weighted by atomic mass is 10.1. The van der Waals surface area contributed by atoms with E-state index in [0.29, 0.717) is 0 Å². The van der Waals surface area contributed by atoms with Crippen molar-refractivity contribution in [3.8, 4) is 0 Å². The summed E-state index contributed by atoms with van der Waals surface area (Å²) < 4.78 is 41.6. The summed E-state index contributed by atoms with van der Waals surface area (Å²) >= 11 is 0. The second-order valence-electron chi connectivity index (χ2n) is 6.07. The Morgan fingerprint density at radius 3 is 1.93 bits per heavy atom. The Balaban J connectivity index is 2.18. The molecule has 0 unspecified atom stereocenters. The third-order valence-corrected chi connectivity index (χ3v) is 4.88. The molecule has 10 heteroatoms. The van der Waals surface area contributed by atoms with E-state index in [4.69, 9.17) is 4.74 Å². The number of carbonyl (C=O) groups is 4. The van der Waals surface area contributed by atoms with Gasteiger partial charge in [0, 0.05) is 17.5 Å². The van der Waals surface area contributed by atoms with Gasteiger partial charge >= 0.3 is 11.9 Å². The van der Waals surface area contributed by atoms with Gasteiger partial charge in [-0.3, -0.25) is 14.1 Å². The summed E-state index contributed by atoms with van der Waals surface area (Å²) in [5, 5.41) is 0. The van der Waals surface area contributed by atoms with E-state index in [1.165, 1.54) is 31.4 Å². The largest absolute Gasteiger partial charge is 0.465 e. The Bertz CT molecular complexity index is 1100. The van der Waals surface area contributed by atoms with Crippen molar-refractivity contribution in [2.24, 2.45) is 0 Å². The second-order valence-corrected chi connectivity index (χ2v) is 7.49. The van der Waals surface area contributed by atoms with Crippen molar-refractivity contribution in [3.05, 3.63) is 64.7 Å². The lowest BCUT2D eigenvalue weighted by molar-refractivity contribution is 0.0474. The Morgan fingerprint density at radius 2 is 1.40 bits per heavy atom. The first-order chi connectivity index (χ1) is 14.1. The van der Waals surface area contributed by atoms with Crippen LogP contribution in [0.25, 0.3) is 0 Å². The van der Waals surface area contributed by atoms with Crippen LogP contribution >= 0.6 is 0 Å². The monoisotopic (exact) mass is 434 g/mol. The predicted molar refractivity (Wildman–Crippen MR) is 103 cm³/mol. The van der Waals surface area contributed by atoms with E-state index >= 15 is 0 Å². The molecular formula is C20H18O9S. The first kappa shape index (κ1) is 22.9. The average Bonchev–Trinajstić information content (AvgIpc) is 2.75. The van der Waals surface area contributed by atoms with Gasteiger partial charge in [-0.1, -0.05) is 19.1 Å². The number of esters is 2. The Kier molecular flexibility index (Phi) is 7.19. The summed E-state index contributed by atoms with van der Waals surface area (Å²) in [4.78, 5) is 47.1. The molecule has 0 bridgehead atoms. The lowest BCUT2D eigenvalue weighted by Gasteiger charge is -2.08. The molecule has 0 spiro atoms. The number of hydrogen-bond donors (Lipinski definition) is 1. The number of hydrogen-bond acceptors (Lipinski definition) is 8. The molecule has 0 atom stereocenters. The molecule has 2 aromatic rings.